The Morgan fingerprint density at radius 3 is 2.69 bits per heavy atom. The summed E-state index contributed by atoms with van der Waals surface area (Å²) in [5.74, 6) is -0.578. The largest absolute Gasteiger partial charge is 0.394 e. The van der Waals surface area contributed by atoms with Crippen LogP contribution >= 0.6 is 43.5 Å². The van der Waals surface area contributed by atoms with Crippen LogP contribution in [0.15, 0.2) is 15.0 Å². The summed E-state index contributed by atoms with van der Waals surface area (Å²) < 4.78 is 14.2. The molecule has 16 heavy (non-hydrogen) atoms. The van der Waals surface area contributed by atoms with Gasteiger partial charge in [-0.1, -0.05) is 11.6 Å². The van der Waals surface area contributed by atoms with Gasteiger partial charge in [-0.25, -0.2) is 4.39 Å². The zero-order chi connectivity index (χ0) is 12.3. The topological polar surface area (TPSA) is 52.5 Å². The molecule has 0 radical (unpaired) electrons. The zero-order valence-corrected chi connectivity index (χ0v) is 11.9. The highest BCUT2D eigenvalue weighted by atomic mass is 79.9. The maximum absolute atomic E-state index is 13.4. The Labute approximate surface area is 114 Å². The van der Waals surface area contributed by atoms with Crippen molar-refractivity contribution in [1.29, 1.82) is 0 Å². The van der Waals surface area contributed by atoms with Crippen molar-refractivity contribution in [2.24, 2.45) is 0 Å². The van der Waals surface area contributed by atoms with Crippen LogP contribution in [-0.2, 0) is 0 Å². The maximum atomic E-state index is 13.4. The van der Waals surface area contributed by atoms with Crippen LogP contribution < -0.4 is 5.32 Å². The highest BCUT2D eigenvalue weighted by Gasteiger charge is 2.14. The lowest BCUT2D eigenvalue weighted by molar-refractivity contribution is 0.105. The van der Waals surface area contributed by atoms with E-state index in [-0.39, 0.29) is 22.6 Å². The molecule has 0 heterocycles. The minimum Gasteiger partial charge on any atom is -0.394 e. The second-order valence-corrected chi connectivity index (χ2v) is 5.12. The van der Waals surface area contributed by atoms with Crippen molar-refractivity contribution in [3.8, 4) is 0 Å². The number of hydrogen-bond acceptors (Lipinski definition) is 3. The Balaban J connectivity index is 2.92. The molecule has 0 bridgehead atoms. The van der Waals surface area contributed by atoms with Gasteiger partial charge in [0.15, 0.2) is 5.82 Å². The number of rotatable bonds is 4. The predicted molar refractivity (Wildman–Crippen MR) is 68.4 cm³/mol. The Morgan fingerprint density at radius 1 is 1.50 bits per heavy atom. The molecule has 1 aromatic carbocycles. The van der Waals surface area contributed by atoms with E-state index in [2.05, 4.69) is 37.2 Å². The molecule has 0 amide bonds. The third kappa shape index (κ3) is 3.30. The van der Waals surface area contributed by atoms with Crippen LogP contribution in [0.2, 0.25) is 5.02 Å². The molecule has 0 aromatic heterocycles. The van der Waals surface area contributed by atoms with Crippen LogP contribution in [0.25, 0.3) is 0 Å². The van der Waals surface area contributed by atoms with Crippen LogP contribution in [0, 0.1) is 5.82 Å². The van der Waals surface area contributed by atoms with Crippen molar-refractivity contribution in [2.45, 2.75) is 6.10 Å². The van der Waals surface area contributed by atoms with E-state index < -0.39 is 11.9 Å². The second kappa shape index (κ2) is 6.16. The first-order valence-electron chi connectivity index (χ1n) is 4.33. The number of aliphatic hydroxyl groups is 2. The molecule has 1 atom stereocenters. The van der Waals surface area contributed by atoms with Gasteiger partial charge < -0.3 is 15.5 Å². The second-order valence-electron chi connectivity index (χ2n) is 3.06. The molecule has 0 fully saturated rings. The average Bonchev–Trinajstić information content (AvgIpc) is 2.25. The fourth-order valence-electron chi connectivity index (χ4n) is 1.01. The van der Waals surface area contributed by atoms with Crippen molar-refractivity contribution in [3.05, 3.63) is 25.9 Å². The number of benzene rings is 1. The molecule has 0 saturated heterocycles. The maximum Gasteiger partial charge on any atom is 0.158 e. The van der Waals surface area contributed by atoms with Gasteiger partial charge in [0.1, 0.15) is 0 Å². The average molecular weight is 377 g/mol. The van der Waals surface area contributed by atoms with Crippen LogP contribution in [0.4, 0.5) is 10.1 Å². The van der Waals surface area contributed by atoms with Crippen LogP contribution in [0.5, 0.6) is 0 Å². The van der Waals surface area contributed by atoms with Crippen molar-refractivity contribution in [2.75, 3.05) is 18.5 Å². The molecule has 0 aliphatic rings. The Morgan fingerprint density at radius 2 is 2.12 bits per heavy atom. The van der Waals surface area contributed by atoms with Gasteiger partial charge in [-0.05, 0) is 37.9 Å². The van der Waals surface area contributed by atoms with Crippen LogP contribution in [0.1, 0.15) is 0 Å². The number of halogens is 4. The molecule has 0 aliphatic carbocycles. The van der Waals surface area contributed by atoms with Gasteiger partial charge in [-0.3, -0.25) is 0 Å². The molecule has 1 unspecified atom stereocenters. The van der Waals surface area contributed by atoms with E-state index in [1.165, 1.54) is 6.07 Å². The summed E-state index contributed by atoms with van der Waals surface area (Å²) >= 11 is 11.9. The Bertz CT molecular complexity index is 392. The molecule has 1 aromatic rings. The van der Waals surface area contributed by atoms with Gasteiger partial charge in [0, 0.05) is 11.0 Å². The number of anilines is 1. The lowest BCUT2D eigenvalue weighted by Gasteiger charge is -2.14. The number of nitrogens with one attached hydrogen (secondary N) is 1. The molecule has 0 saturated carbocycles. The van der Waals surface area contributed by atoms with Crippen molar-refractivity contribution in [3.63, 3.8) is 0 Å². The Hall–Kier alpha value is 0.120. The minimum atomic E-state index is -0.905. The molecule has 90 valence electrons. The van der Waals surface area contributed by atoms with E-state index >= 15 is 0 Å². The van der Waals surface area contributed by atoms with Gasteiger partial charge in [0.05, 0.1) is 27.9 Å². The molecule has 3 nitrogen and oxygen atoms in total. The fraction of sp³-hybridized carbons (Fsp3) is 0.333. The lowest BCUT2D eigenvalue weighted by atomic mass is 10.3. The molecular formula is C9H9Br2ClFNO2. The van der Waals surface area contributed by atoms with Crippen LogP contribution in [0.3, 0.4) is 0 Å². The van der Waals surface area contributed by atoms with E-state index in [0.29, 0.717) is 10.2 Å². The summed E-state index contributed by atoms with van der Waals surface area (Å²) in [6.45, 7) is -0.257. The van der Waals surface area contributed by atoms with E-state index in [0.717, 1.165) is 0 Å². The summed E-state index contributed by atoms with van der Waals surface area (Å²) in [4.78, 5) is 0. The van der Waals surface area contributed by atoms with Crippen molar-refractivity contribution >= 4 is 49.1 Å². The third-order valence-corrected chi connectivity index (χ3v) is 3.48. The van der Waals surface area contributed by atoms with E-state index in [1.54, 1.807) is 0 Å². The minimum absolute atomic E-state index is 0.00740. The standard InChI is InChI=1S/C9H9Br2ClFNO2/c10-5-1-6(12)8(13)7(11)9(5)14-2-4(16)3-15/h1,4,14-16H,2-3H2. The first kappa shape index (κ1) is 14.2. The number of aliphatic hydroxyl groups excluding tert-OH is 2. The summed E-state index contributed by atoms with van der Waals surface area (Å²) in [6, 6.07) is 1.41. The molecule has 3 N–H and O–H groups in total. The lowest BCUT2D eigenvalue weighted by Crippen LogP contribution is -2.23. The Kier molecular flexibility index (Phi) is 5.46. The molecule has 0 aliphatic heterocycles. The molecular weight excluding hydrogens is 368 g/mol. The van der Waals surface area contributed by atoms with E-state index in [1.807, 2.05) is 0 Å². The summed E-state index contributed by atoms with van der Waals surface area (Å²) in [6.07, 6.45) is -0.905. The molecule has 7 heteroatoms. The summed E-state index contributed by atoms with van der Waals surface area (Å²) in [7, 11) is 0. The van der Waals surface area contributed by atoms with Crippen LogP contribution in [-0.4, -0.2) is 29.5 Å². The number of hydrogen-bond donors (Lipinski definition) is 3. The summed E-state index contributed by atoms with van der Waals surface area (Å²) in [5, 5.41) is 20.6. The van der Waals surface area contributed by atoms with E-state index in [4.69, 9.17) is 21.8 Å². The SMILES string of the molecule is OCC(O)CNc1c(Br)cc(Cl)c(F)c1Br. The van der Waals surface area contributed by atoms with Crippen molar-refractivity contribution < 1.29 is 14.6 Å². The third-order valence-electron chi connectivity index (χ3n) is 1.84. The van der Waals surface area contributed by atoms with E-state index in [9.17, 15) is 4.39 Å². The highest BCUT2D eigenvalue weighted by molar-refractivity contribution is 9.11. The normalized spacial score (nSPS) is 12.6. The van der Waals surface area contributed by atoms with Gasteiger partial charge in [-0.15, -0.1) is 0 Å². The van der Waals surface area contributed by atoms with Gasteiger partial charge in [0.25, 0.3) is 0 Å². The molecule has 1 rings (SSSR count). The first-order valence-corrected chi connectivity index (χ1v) is 6.29. The quantitative estimate of drug-likeness (QED) is 0.559. The van der Waals surface area contributed by atoms with Gasteiger partial charge in [0.2, 0.25) is 0 Å². The first-order chi connectivity index (χ1) is 7.47. The van der Waals surface area contributed by atoms with Gasteiger partial charge in [-0.2, -0.15) is 0 Å². The smallest absolute Gasteiger partial charge is 0.158 e. The fourth-order valence-corrected chi connectivity index (χ4v) is 2.86. The predicted octanol–water partition coefficient (Wildman–Crippen LogP) is 2.77. The monoisotopic (exact) mass is 375 g/mol. The van der Waals surface area contributed by atoms with Crippen molar-refractivity contribution in [1.82, 2.24) is 0 Å². The zero-order valence-electron chi connectivity index (χ0n) is 7.98. The molecule has 0 spiro atoms. The summed E-state index contributed by atoms with van der Waals surface area (Å²) in [5.41, 5.74) is 0.439. The van der Waals surface area contributed by atoms with Gasteiger partial charge >= 0.3 is 0 Å². The highest BCUT2D eigenvalue weighted by Crippen LogP contribution is 2.37.